The van der Waals surface area contributed by atoms with E-state index < -0.39 is 5.97 Å². The third-order valence-electron chi connectivity index (χ3n) is 4.25. The highest BCUT2D eigenvalue weighted by atomic mass is 16.5. The minimum atomic E-state index is -0.736. The Hall–Kier alpha value is -1.39. The lowest BCUT2D eigenvalue weighted by molar-refractivity contribution is -0.143. The van der Waals surface area contributed by atoms with Gasteiger partial charge in [0.25, 0.3) is 0 Å². The fourth-order valence-corrected chi connectivity index (χ4v) is 2.99. The van der Waals surface area contributed by atoms with E-state index in [1.165, 1.54) is 5.56 Å². The molecule has 1 heterocycles. The van der Waals surface area contributed by atoms with Crippen LogP contribution in [-0.2, 0) is 16.0 Å². The number of rotatable bonds is 8. The number of carboxylic acid groups (broad SMARTS) is 1. The molecule has 1 aliphatic heterocycles. The Labute approximate surface area is 126 Å². The van der Waals surface area contributed by atoms with Crippen LogP contribution in [0.4, 0.5) is 0 Å². The number of hydrogen-bond acceptors (Lipinski definition) is 3. The number of ether oxygens (including phenoxy) is 1. The molecule has 0 saturated carbocycles. The highest BCUT2D eigenvalue weighted by Gasteiger charge is 2.37. The number of nitrogens with zero attached hydrogens (tertiary/aromatic N) is 1. The Morgan fingerprint density at radius 2 is 2.05 bits per heavy atom. The summed E-state index contributed by atoms with van der Waals surface area (Å²) in [5.41, 5.74) is 1.37. The van der Waals surface area contributed by atoms with Crippen LogP contribution in [0.25, 0.3) is 0 Å². The largest absolute Gasteiger partial charge is 0.481 e. The van der Waals surface area contributed by atoms with Crippen LogP contribution in [0.1, 0.15) is 25.3 Å². The van der Waals surface area contributed by atoms with Crippen molar-refractivity contribution in [1.82, 2.24) is 4.90 Å². The molecule has 4 heteroatoms. The highest BCUT2D eigenvalue weighted by Crippen LogP contribution is 2.20. The van der Waals surface area contributed by atoms with E-state index in [4.69, 9.17) is 4.74 Å². The fourth-order valence-electron chi connectivity index (χ4n) is 2.99. The van der Waals surface area contributed by atoms with Crippen molar-refractivity contribution in [2.24, 2.45) is 5.92 Å². The van der Waals surface area contributed by atoms with E-state index in [1.54, 1.807) is 0 Å². The second kappa shape index (κ2) is 8.15. The standard InChI is InChI=1S/C17H25NO3/c1-2-18(16-13-21-12-15(16)17(19)20)11-7-6-10-14-8-4-3-5-9-14/h3-5,8-9,15-16H,2,6-7,10-13H2,1H3,(H,19,20). The average Bonchev–Trinajstić information content (AvgIpc) is 2.98. The van der Waals surface area contributed by atoms with Crippen molar-refractivity contribution in [3.05, 3.63) is 35.9 Å². The molecule has 1 aromatic carbocycles. The van der Waals surface area contributed by atoms with Gasteiger partial charge < -0.3 is 9.84 Å². The van der Waals surface area contributed by atoms with E-state index in [1.807, 2.05) is 6.07 Å². The van der Waals surface area contributed by atoms with Crippen molar-refractivity contribution in [2.75, 3.05) is 26.3 Å². The van der Waals surface area contributed by atoms with Crippen molar-refractivity contribution in [3.63, 3.8) is 0 Å². The molecular weight excluding hydrogens is 266 g/mol. The first-order valence-electron chi connectivity index (χ1n) is 7.81. The number of carboxylic acids is 1. The Morgan fingerprint density at radius 1 is 1.29 bits per heavy atom. The molecule has 0 bridgehead atoms. The third kappa shape index (κ3) is 4.55. The molecule has 0 aliphatic carbocycles. The maximum Gasteiger partial charge on any atom is 0.310 e. The lowest BCUT2D eigenvalue weighted by Gasteiger charge is -2.29. The average molecular weight is 291 g/mol. The SMILES string of the molecule is CCN(CCCCc1ccccc1)C1COCC1C(=O)O. The summed E-state index contributed by atoms with van der Waals surface area (Å²) >= 11 is 0. The van der Waals surface area contributed by atoms with Gasteiger partial charge >= 0.3 is 5.97 Å². The van der Waals surface area contributed by atoms with Crippen LogP contribution >= 0.6 is 0 Å². The topological polar surface area (TPSA) is 49.8 Å². The van der Waals surface area contributed by atoms with Crippen molar-refractivity contribution in [3.8, 4) is 0 Å². The number of benzene rings is 1. The smallest absolute Gasteiger partial charge is 0.310 e. The number of carbonyl (C=O) groups is 1. The molecule has 1 aliphatic rings. The normalized spacial score (nSPS) is 21.8. The molecule has 2 rings (SSSR count). The number of hydrogen-bond donors (Lipinski definition) is 1. The van der Waals surface area contributed by atoms with Gasteiger partial charge in [0.2, 0.25) is 0 Å². The summed E-state index contributed by atoms with van der Waals surface area (Å²) in [7, 11) is 0. The van der Waals surface area contributed by atoms with Crippen LogP contribution in [0, 0.1) is 5.92 Å². The number of likely N-dealkylation sites (N-methyl/N-ethyl adjacent to an activating group) is 1. The van der Waals surface area contributed by atoms with E-state index >= 15 is 0 Å². The minimum Gasteiger partial charge on any atom is -0.481 e. The van der Waals surface area contributed by atoms with Crippen molar-refractivity contribution in [1.29, 1.82) is 0 Å². The van der Waals surface area contributed by atoms with Gasteiger partial charge in [0.15, 0.2) is 0 Å². The number of aliphatic carboxylic acids is 1. The third-order valence-corrected chi connectivity index (χ3v) is 4.25. The molecule has 0 aromatic heterocycles. The van der Waals surface area contributed by atoms with Crippen LogP contribution in [0.2, 0.25) is 0 Å². The van der Waals surface area contributed by atoms with E-state index in [9.17, 15) is 9.90 Å². The van der Waals surface area contributed by atoms with E-state index in [0.29, 0.717) is 13.2 Å². The second-order valence-electron chi connectivity index (χ2n) is 5.62. The molecule has 21 heavy (non-hydrogen) atoms. The summed E-state index contributed by atoms with van der Waals surface area (Å²) in [4.78, 5) is 13.5. The molecule has 1 fully saturated rings. The van der Waals surface area contributed by atoms with E-state index in [2.05, 4.69) is 36.1 Å². The van der Waals surface area contributed by atoms with Gasteiger partial charge in [-0.3, -0.25) is 9.69 Å². The first-order valence-corrected chi connectivity index (χ1v) is 7.81. The van der Waals surface area contributed by atoms with Crippen molar-refractivity contribution >= 4 is 5.97 Å². The second-order valence-corrected chi connectivity index (χ2v) is 5.62. The minimum absolute atomic E-state index is 0.0317. The molecule has 116 valence electrons. The number of unbranched alkanes of at least 4 members (excludes halogenated alkanes) is 1. The molecule has 0 radical (unpaired) electrons. The maximum absolute atomic E-state index is 11.2. The van der Waals surface area contributed by atoms with Crippen molar-refractivity contribution < 1.29 is 14.6 Å². The monoisotopic (exact) mass is 291 g/mol. The molecular formula is C17H25NO3. The quantitative estimate of drug-likeness (QED) is 0.747. The van der Waals surface area contributed by atoms with Crippen molar-refractivity contribution in [2.45, 2.75) is 32.2 Å². The Morgan fingerprint density at radius 3 is 2.71 bits per heavy atom. The summed E-state index contributed by atoms with van der Waals surface area (Å²) in [5, 5.41) is 9.24. The first-order chi connectivity index (χ1) is 10.2. The predicted molar refractivity (Wildman–Crippen MR) is 82.4 cm³/mol. The highest BCUT2D eigenvalue weighted by molar-refractivity contribution is 5.71. The molecule has 1 saturated heterocycles. The maximum atomic E-state index is 11.2. The summed E-state index contributed by atoms with van der Waals surface area (Å²) in [5.74, 6) is -1.11. The Balaban J connectivity index is 1.76. The molecule has 2 unspecified atom stereocenters. The van der Waals surface area contributed by atoms with Crippen LogP contribution < -0.4 is 0 Å². The molecule has 4 nitrogen and oxygen atoms in total. The van der Waals surface area contributed by atoms with Gasteiger partial charge in [-0.25, -0.2) is 0 Å². The van der Waals surface area contributed by atoms with Gasteiger partial charge in [-0.15, -0.1) is 0 Å². The molecule has 2 atom stereocenters. The summed E-state index contributed by atoms with van der Waals surface area (Å²) < 4.78 is 5.37. The summed E-state index contributed by atoms with van der Waals surface area (Å²) in [6, 6.07) is 10.5. The first kappa shape index (κ1) is 16.0. The number of aryl methyl sites for hydroxylation is 1. The molecule has 1 aromatic rings. The Bertz CT molecular complexity index is 435. The van der Waals surface area contributed by atoms with Crippen LogP contribution in [0.15, 0.2) is 30.3 Å². The summed E-state index contributed by atoms with van der Waals surface area (Å²) in [6.45, 7) is 4.81. The zero-order chi connectivity index (χ0) is 15.1. The van der Waals surface area contributed by atoms with Gasteiger partial charge in [0, 0.05) is 6.04 Å². The van der Waals surface area contributed by atoms with Crippen LogP contribution in [0.3, 0.4) is 0 Å². The summed E-state index contributed by atoms with van der Waals surface area (Å²) in [6.07, 6.45) is 3.30. The molecule has 0 amide bonds. The van der Waals surface area contributed by atoms with Gasteiger partial charge in [-0.1, -0.05) is 37.3 Å². The van der Waals surface area contributed by atoms with Gasteiger partial charge in [0.05, 0.1) is 19.1 Å². The predicted octanol–water partition coefficient (Wildman–Crippen LogP) is 2.43. The van der Waals surface area contributed by atoms with E-state index in [0.717, 1.165) is 32.4 Å². The van der Waals surface area contributed by atoms with Gasteiger partial charge in [-0.05, 0) is 37.9 Å². The lowest BCUT2D eigenvalue weighted by atomic mass is 10.0. The Kier molecular flexibility index (Phi) is 6.21. The fraction of sp³-hybridized carbons (Fsp3) is 0.588. The molecule has 0 spiro atoms. The van der Waals surface area contributed by atoms with Crippen LogP contribution in [-0.4, -0.2) is 48.3 Å². The lowest BCUT2D eigenvalue weighted by Crippen LogP contribution is -2.43. The van der Waals surface area contributed by atoms with Gasteiger partial charge in [0.1, 0.15) is 0 Å². The zero-order valence-corrected chi connectivity index (χ0v) is 12.7. The zero-order valence-electron chi connectivity index (χ0n) is 12.7. The van der Waals surface area contributed by atoms with Gasteiger partial charge in [-0.2, -0.15) is 0 Å². The van der Waals surface area contributed by atoms with Crippen LogP contribution in [0.5, 0.6) is 0 Å². The molecule has 1 N–H and O–H groups in total. The van der Waals surface area contributed by atoms with E-state index in [-0.39, 0.29) is 12.0 Å².